The Morgan fingerprint density at radius 3 is 2.54 bits per heavy atom. The molecule has 0 aliphatic rings. The van der Waals surface area contributed by atoms with E-state index in [1.165, 1.54) is 12.1 Å². The van der Waals surface area contributed by atoms with Gasteiger partial charge in [-0.15, -0.1) is 0 Å². The lowest BCUT2D eigenvalue weighted by Gasteiger charge is -2.08. The highest BCUT2D eigenvalue weighted by Crippen LogP contribution is 2.31. The van der Waals surface area contributed by atoms with E-state index in [0.29, 0.717) is 0 Å². The third-order valence-corrected chi connectivity index (χ3v) is 4.35. The molecule has 0 fully saturated rings. The number of pyridine rings is 1. The molecule has 0 saturated carbocycles. The van der Waals surface area contributed by atoms with E-state index in [0.717, 1.165) is 12.3 Å². The fraction of sp³-hybridized carbons (Fsp3) is 0.0714. The Morgan fingerprint density at radius 2 is 1.88 bits per heavy atom. The molecule has 2 rings (SSSR count). The number of nitrogens with one attached hydrogen (secondary N) is 1. The highest BCUT2D eigenvalue weighted by atomic mass is 35.5. The molecular weight excluding hydrogens is 432 g/mol. The summed E-state index contributed by atoms with van der Waals surface area (Å²) in [6.45, 7) is -0.739. The van der Waals surface area contributed by atoms with E-state index < -0.39 is 29.1 Å². The molecule has 136 valence electrons. The number of amides is 1. The minimum atomic E-state index is -1.02. The second kappa shape index (κ2) is 8.50. The van der Waals surface area contributed by atoms with Crippen molar-refractivity contribution in [2.45, 2.75) is 0 Å². The smallest absolute Gasteiger partial charge is 0.359 e. The zero-order chi connectivity index (χ0) is 19.4. The van der Waals surface area contributed by atoms with Gasteiger partial charge in [0.1, 0.15) is 5.69 Å². The topological polar surface area (TPSA) is 111 Å². The van der Waals surface area contributed by atoms with E-state index in [4.69, 9.17) is 51.1 Å². The maximum absolute atomic E-state index is 11.9. The predicted octanol–water partition coefficient (Wildman–Crippen LogP) is 4.40. The van der Waals surface area contributed by atoms with Crippen molar-refractivity contribution in [3.63, 3.8) is 0 Å². The van der Waals surface area contributed by atoms with Gasteiger partial charge in [0.2, 0.25) is 0 Å². The molecule has 1 amide bonds. The maximum Gasteiger partial charge on any atom is 0.359 e. The molecule has 0 spiro atoms. The van der Waals surface area contributed by atoms with Gasteiger partial charge in [0.15, 0.2) is 12.3 Å². The second-order valence-corrected chi connectivity index (χ2v) is 6.23. The van der Waals surface area contributed by atoms with Crippen molar-refractivity contribution < 1.29 is 19.2 Å². The molecule has 2 aromatic rings. The molecule has 0 atom stereocenters. The number of nitro groups is 1. The van der Waals surface area contributed by atoms with Crippen LogP contribution in [0.3, 0.4) is 0 Å². The first kappa shape index (κ1) is 20.2. The molecule has 1 aromatic carbocycles. The molecule has 0 bridgehead atoms. The fourth-order valence-corrected chi connectivity index (χ4v) is 2.46. The number of ether oxygens (including phenoxy) is 1. The summed E-state index contributed by atoms with van der Waals surface area (Å²) in [7, 11) is 0. The number of carbonyl (C=O) groups excluding carboxylic acids is 2. The number of nitrogens with zero attached hydrogens (tertiary/aromatic N) is 2. The number of hydrogen-bond donors (Lipinski definition) is 1. The molecule has 26 heavy (non-hydrogen) atoms. The van der Waals surface area contributed by atoms with E-state index in [1.807, 2.05) is 0 Å². The van der Waals surface area contributed by atoms with E-state index in [1.54, 1.807) is 0 Å². The fourth-order valence-electron chi connectivity index (χ4n) is 1.73. The summed E-state index contributed by atoms with van der Waals surface area (Å²) >= 11 is 23.0. The van der Waals surface area contributed by atoms with Gasteiger partial charge < -0.3 is 10.1 Å². The van der Waals surface area contributed by atoms with Crippen molar-refractivity contribution in [1.29, 1.82) is 0 Å². The molecule has 8 nitrogen and oxygen atoms in total. The Hall–Kier alpha value is -2.13. The van der Waals surface area contributed by atoms with E-state index >= 15 is 0 Å². The number of rotatable bonds is 5. The Labute approximate surface area is 166 Å². The number of nitro benzene ring substituents is 1. The first-order valence-corrected chi connectivity index (χ1v) is 8.12. The summed E-state index contributed by atoms with van der Waals surface area (Å²) in [6, 6.07) is 3.68. The van der Waals surface area contributed by atoms with Crippen LogP contribution in [0.15, 0.2) is 24.4 Å². The Bertz CT molecular complexity index is 906. The molecular formula is C14H7Cl4N3O5. The summed E-state index contributed by atoms with van der Waals surface area (Å²) < 4.78 is 4.77. The number of anilines is 1. The van der Waals surface area contributed by atoms with Gasteiger partial charge in [0.05, 0.1) is 20.0 Å². The number of esters is 1. The Balaban J connectivity index is 2.05. The van der Waals surface area contributed by atoms with Crippen molar-refractivity contribution >= 4 is 69.7 Å². The minimum Gasteiger partial charge on any atom is -0.451 e. The quantitative estimate of drug-likeness (QED) is 0.420. The minimum absolute atomic E-state index is 0.0426. The van der Waals surface area contributed by atoms with Crippen LogP contribution in [0.5, 0.6) is 0 Å². The van der Waals surface area contributed by atoms with Gasteiger partial charge >= 0.3 is 5.97 Å². The lowest BCUT2D eigenvalue weighted by molar-refractivity contribution is -0.383. The van der Waals surface area contributed by atoms with E-state index in [-0.39, 0.29) is 31.5 Å². The standard InChI is InChI=1S/C14H7Cl4N3O5/c15-6-1-2-8(9(3-6)21(24)25)20-10(22)5-26-14(23)13-12(18)11(17)7(16)4-19-13/h1-4H,5H2,(H,20,22). The summed E-state index contributed by atoms with van der Waals surface area (Å²) in [5.74, 6) is -1.84. The van der Waals surface area contributed by atoms with Gasteiger partial charge in [-0.25, -0.2) is 9.78 Å². The summed E-state index contributed by atoms with van der Waals surface area (Å²) in [5, 5.41) is 13.1. The van der Waals surface area contributed by atoms with Crippen LogP contribution in [0.1, 0.15) is 10.5 Å². The molecule has 1 heterocycles. The first-order chi connectivity index (χ1) is 12.2. The average molecular weight is 439 g/mol. The SMILES string of the molecule is O=C(COC(=O)c1ncc(Cl)c(Cl)c1Cl)Nc1ccc(Cl)cc1[N+](=O)[O-]. The van der Waals surface area contributed by atoms with Crippen molar-refractivity contribution in [3.8, 4) is 0 Å². The highest BCUT2D eigenvalue weighted by Gasteiger charge is 2.21. The van der Waals surface area contributed by atoms with Crippen LogP contribution in [0, 0.1) is 10.1 Å². The van der Waals surface area contributed by atoms with Crippen molar-refractivity contribution in [2.24, 2.45) is 0 Å². The van der Waals surface area contributed by atoms with Crippen molar-refractivity contribution in [3.05, 3.63) is 60.3 Å². The van der Waals surface area contributed by atoms with Gasteiger partial charge in [-0.2, -0.15) is 0 Å². The number of carbonyl (C=O) groups is 2. The molecule has 0 aliphatic carbocycles. The molecule has 1 N–H and O–H groups in total. The summed E-state index contributed by atoms with van der Waals surface area (Å²) in [5.41, 5.74) is -0.844. The Morgan fingerprint density at radius 1 is 1.19 bits per heavy atom. The third-order valence-electron chi connectivity index (χ3n) is 2.88. The molecule has 0 aliphatic heterocycles. The maximum atomic E-state index is 11.9. The average Bonchev–Trinajstić information content (AvgIpc) is 2.59. The molecule has 12 heteroatoms. The van der Waals surface area contributed by atoms with Crippen LogP contribution in [0.4, 0.5) is 11.4 Å². The van der Waals surface area contributed by atoms with E-state index in [9.17, 15) is 19.7 Å². The van der Waals surface area contributed by atoms with Gasteiger partial charge in [-0.3, -0.25) is 14.9 Å². The first-order valence-electron chi connectivity index (χ1n) is 6.61. The monoisotopic (exact) mass is 437 g/mol. The molecule has 1 aromatic heterocycles. The predicted molar refractivity (Wildman–Crippen MR) is 96.3 cm³/mol. The van der Waals surface area contributed by atoms with Crippen LogP contribution in [-0.2, 0) is 9.53 Å². The largest absolute Gasteiger partial charge is 0.451 e. The van der Waals surface area contributed by atoms with Crippen LogP contribution < -0.4 is 5.32 Å². The lowest BCUT2D eigenvalue weighted by atomic mass is 10.2. The van der Waals surface area contributed by atoms with Crippen molar-refractivity contribution in [1.82, 2.24) is 4.98 Å². The molecule has 0 saturated heterocycles. The van der Waals surface area contributed by atoms with Crippen molar-refractivity contribution in [2.75, 3.05) is 11.9 Å². The normalized spacial score (nSPS) is 10.3. The molecule has 0 unspecified atom stereocenters. The summed E-state index contributed by atoms with van der Waals surface area (Å²) in [4.78, 5) is 37.7. The van der Waals surface area contributed by atoms with Gasteiger partial charge in [0.25, 0.3) is 11.6 Å². The van der Waals surface area contributed by atoms with Crippen LogP contribution in [-0.4, -0.2) is 28.4 Å². The van der Waals surface area contributed by atoms with E-state index in [2.05, 4.69) is 10.3 Å². The molecule has 0 radical (unpaired) electrons. The highest BCUT2D eigenvalue weighted by molar-refractivity contribution is 6.48. The van der Waals surface area contributed by atoms with Gasteiger partial charge in [-0.05, 0) is 12.1 Å². The number of aromatic nitrogens is 1. The zero-order valence-corrected chi connectivity index (χ0v) is 15.5. The lowest BCUT2D eigenvalue weighted by Crippen LogP contribution is -2.22. The third kappa shape index (κ3) is 4.73. The second-order valence-electron chi connectivity index (χ2n) is 4.63. The Kier molecular flexibility index (Phi) is 6.60. The van der Waals surface area contributed by atoms with Gasteiger partial charge in [0, 0.05) is 17.3 Å². The summed E-state index contributed by atoms with van der Waals surface area (Å²) in [6.07, 6.45) is 1.10. The zero-order valence-electron chi connectivity index (χ0n) is 12.5. The van der Waals surface area contributed by atoms with Crippen LogP contribution in [0.2, 0.25) is 20.1 Å². The van der Waals surface area contributed by atoms with Crippen LogP contribution in [0.25, 0.3) is 0 Å². The van der Waals surface area contributed by atoms with Crippen LogP contribution >= 0.6 is 46.4 Å². The number of benzene rings is 1. The number of halogens is 4. The number of hydrogen-bond acceptors (Lipinski definition) is 6. The van der Waals surface area contributed by atoms with Gasteiger partial charge in [-0.1, -0.05) is 46.4 Å².